The number of nitrogens with one attached hydrogen (secondary N) is 9. The third-order valence-electron chi connectivity index (χ3n) is 27.5. The summed E-state index contributed by atoms with van der Waals surface area (Å²) in [6.07, 6.45) is 31.1. The molecule has 6 aliphatic carbocycles. The summed E-state index contributed by atoms with van der Waals surface area (Å²) >= 11 is 6.21. The number of carbonyl (C=O) groups excluding carboxylic acids is 5. The van der Waals surface area contributed by atoms with E-state index in [0.29, 0.717) is 41.0 Å². The topological polar surface area (TPSA) is 422 Å². The molecule has 776 valence electrons. The minimum absolute atomic E-state index is 0.00531. The van der Waals surface area contributed by atoms with Crippen LogP contribution in [0.1, 0.15) is 289 Å². The summed E-state index contributed by atoms with van der Waals surface area (Å²) in [5.74, 6) is -0.795. The normalized spacial score (nSPS) is 16.5. The molecule has 16 rings (SSSR count). The monoisotopic (exact) mass is 2080 g/mol. The van der Waals surface area contributed by atoms with Crippen molar-refractivity contribution in [2.45, 2.75) is 303 Å². The van der Waals surface area contributed by atoms with Gasteiger partial charge >= 0.3 is 24.1 Å². The second-order valence-electron chi connectivity index (χ2n) is 40.5. The number of likely N-dealkylation sites (tertiary alicyclic amines) is 2. The van der Waals surface area contributed by atoms with E-state index in [1.54, 1.807) is 65.7 Å². The Morgan fingerprint density at radius 1 is 0.490 bits per heavy atom. The van der Waals surface area contributed by atoms with Gasteiger partial charge in [-0.3, -0.25) is 29.0 Å². The zero-order valence-corrected chi connectivity index (χ0v) is 90.0. The van der Waals surface area contributed by atoms with Crippen molar-refractivity contribution in [2.24, 2.45) is 0 Å². The van der Waals surface area contributed by atoms with Crippen LogP contribution in [0, 0.1) is 13.5 Å². The summed E-state index contributed by atoms with van der Waals surface area (Å²) in [6, 6.07) is 20.6. The van der Waals surface area contributed by atoms with Gasteiger partial charge in [-0.2, -0.15) is 5.10 Å². The first-order valence-electron chi connectivity index (χ1n) is 50.4. The summed E-state index contributed by atoms with van der Waals surface area (Å²) in [6.45, 7) is 34.8. The molecule has 5 heterocycles. The van der Waals surface area contributed by atoms with Crippen LogP contribution in [-0.4, -0.2) is 182 Å². The van der Waals surface area contributed by atoms with Gasteiger partial charge in [-0.1, -0.05) is 121 Å². The maximum atomic E-state index is 12.8. The van der Waals surface area contributed by atoms with Crippen LogP contribution in [0.5, 0.6) is 0 Å². The first kappa shape index (κ1) is 111. The summed E-state index contributed by atoms with van der Waals surface area (Å²) in [5, 5.41) is 16.3. The molecule has 0 saturated carbocycles. The third kappa shape index (κ3) is 31.1. The molecule has 32 nitrogen and oxygen atoms in total. The van der Waals surface area contributed by atoms with E-state index < -0.39 is 80.1 Å². The molecule has 2 saturated heterocycles. The van der Waals surface area contributed by atoms with E-state index in [4.69, 9.17) is 18.2 Å². The van der Waals surface area contributed by atoms with Crippen molar-refractivity contribution in [1.29, 1.82) is 0 Å². The number of fused-ring (bicyclic) bond motifs is 6. The SMILES string of the molecule is CC(C)N1CCCCC1CS(=O)(=O)NC(=O)Nc1c2c(cc3c1CCC3)CCC2.CC(C)c1cc(Cl)cc(C(C)C)c1NC(=O)NS(=O)(=O)CCCN(C)C.CC(C)n1ccc(CS(=O)(=O)NC(=O)Nc2c3c(cc4c2CCC4)CCC3)n1.CCN1CCCCC1CS(=O)(=O)NC(=O)Nc1c2c(cc3c1CCC3)CCC2.[C-]#[N+]c1cc(-c2cc(C)cc(C(C)C)c2CC(=O)NS(=O)(=O)Cc2cccnc2)ccn1. The molecule has 0 bridgehead atoms. The second kappa shape index (κ2) is 49.6. The molecule has 143 heavy (non-hydrogen) atoms. The number of hydrogen-bond donors (Lipinski definition) is 9. The van der Waals surface area contributed by atoms with Gasteiger partial charge in [0, 0.05) is 70.5 Å². The van der Waals surface area contributed by atoms with Crippen molar-refractivity contribution >= 4 is 120 Å². The van der Waals surface area contributed by atoms with Crippen LogP contribution in [0.4, 0.5) is 47.7 Å². The summed E-state index contributed by atoms with van der Waals surface area (Å²) in [7, 11) is -15.0. The first-order chi connectivity index (χ1) is 67.7. The van der Waals surface area contributed by atoms with Crippen molar-refractivity contribution in [1.82, 2.24) is 58.1 Å². The van der Waals surface area contributed by atoms with E-state index in [2.05, 4.69) is 114 Å². The number of piperidine rings is 2. The number of aromatic nitrogens is 4. The van der Waals surface area contributed by atoms with Crippen molar-refractivity contribution in [3.05, 3.63) is 220 Å². The molecular weight excluding hydrogens is 1940 g/mol. The third-order valence-corrected chi connectivity index (χ3v) is 34.2. The van der Waals surface area contributed by atoms with Gasteiger partial charge in [0.25, 0.3) is 5.82 Å². The van der Waals surface area contributed by atoms with E-state index in [0.717, 1.165) is 230 Å². The highest BCUT2D eigenvalue weighted by molar-refractivity contribution is 7.91. The van der Waals surface area contributed by atoms with Crippen molar-refractivity contribution < 1.29 is 66.1 Å². The molecule has 2 unspecified atom stereocenters. The maximum Gasteiger partial charge on any atom is 0.332 e. The number of halogens is 1. The Morgan fingerprint density at radius 3 is 1.37 bits per heavy atom. The van der Waals surface area contributed by atoms with Gasteiger partial charge in [0.15, 0.2) is 0 Å². The Hall–Kier alpha value is -10.4. The van der Waals surface area contributed by atoms with E-state index in [1.165, 1.54) is 73.0 Å². The Morgan fingerprint density at radius 2 is 0.937 bits per heavy atom. The number of rotatable bonds is 30. The average Bonchev–Trinajstić information content (AvgIpc) is 1.66. The number of sulfonamides is 5. The molecular formula is C105H144ClN17O15S5. The van der Waals surface area contributed by atoms with E-state index >= 15 is 0 Å². The molecule has 0 spiro atoms. The first-order valence-corrected chi connectivity index (χ1v) is 59.0. The predicted molar refractivity (Wildman–Crippen MR) is 567 cm³/mol. The molecule has 3 aromatic heterocycles. The Labute approximate surface area is 851 Å². The predicted octanol–water partition coefficient (Wildman–Crippen LogP) is 17.8. The molecule has 8 aliphatic rings. The van der Waals surface area contributed by atoms with Gasteiger partial charge in [0.1, 0.15) is 11.9 Å². The Balaban J connectivity index is 0.000000160. The number of amides is 9. The summed E-state index contributed by atoms with van der Waals surface area (Å²) in [4.78, 5) is 80.6. The van der Waals surface area contributed by atoms with Crippen LogP contribution in [0.2, 0.25) is 5.02 Å². The van der Waals surface area contributed by atoms with Crippen LogP contribution < -0.4 is 44.9 Å². The smallest absolute Gasteiger partial charge is 0.332 e. The lowest BCUT2D eigenvalue weighted by Gasteiger charge is -2.38. The molecule has 38 heteroatoms. The minimum Gasteiger partial charge on any atom is -0.361 e. The van der Waals surface area contributed by atoms with E-state index in [-0.39, 0.29) is 76.9 Å². The quantitative estimate of drug-likeness (QED) is 0.0189. The van der Waals surface area contributed by atoms with Gasteiger partial charge < -0.3 is 31.0 Å². The largest absolute Gasteiger partial charge is 0.361 e. The average molecular weight is 2080 g/mol. The molecule has 2 atom stereocenters. The van der Waals surface area contributed by atoms with Crippen LogP contribution >= 0.6 is 11.6 Å². The molecule has 9 N–H and O–H groups in total. The number of hydrogen-bond acceptors (Lipinski definition) is 21. The molecule has 9 amide bonds. The van der Waals surface area contributed by atoms with Gasteiger partial charge in [-0.05, 0) is 382 Å². The second-order valence-corrected chi connectivity index (χ2v) is 49.8. The highest BCUT2D eigenvalue weighted by Gasteiger charge is 2.36. The van der Waals surface area contributed by atoms with Gasteiger partial charge in [0.2, 0.25) is 56.0 Å². The fraction of sp³-hybridized carbons (Fsp3) is 0.533. The molecule has 2 fully saturated rings. The van der Waals surface area contributed by atoms with Crippen LogP contribution in [-0.2, 0) is 150 Å². The number of nitrogens with zero attached hydrogens (tertiary/aromatic N) is 8. The standard InChI is InChI=1S/C24H24N4O3S.C22H33N3O3S.C21H31N3O3S.C20H26N4O3S.C18H30ClN3O3S/c1-16(2)20-10-17(3)11-21(19-7-9-27-23(12-19)25-4)22(20)13-24(29)28-32(30,31)15-18-6-5-8-26-14-18;1-15(2)25-12-4-3-9-18(25)14-29(27,28)24-22(26)23-21-19-10-5-7-16(19)13-17-8-6-11-20(17)21;1-2-24-12-4-3-9-17(24)14-28(26,27)23-21(25)22-20-18-10-5-7-15(18)13-16-8-6-11-19(16)20;1-13(2)24-10-9-16(22-24)12-28(26,27)23-20(25)21-19-17-7-3-5-14(17)11-15-6-4-8-18(15)19;1-12(2)15-10-14(19)11-16(13(3)4)17(15)20-18(23)21-26(24,25)9-7-8-22(5)6/h5-12,14,16H,13,15H2,1-3H3,(H,28,29);13,15,18H,3-12,14H2,1-2H3,(H2,23,24,26);13,17H,2-12,14H2,1H3,(H2,22,23,25);9-11,13H,3-8,12H2,1-2H3,(H2,21,23,25);10-13H,7-9H2,1-6H3,(H2,20,21,23). The minimum atomic E-state index is -3.87. The number of aryl methyl sites for hydroxylation is 7. The number of benzene rings is 5. The van der Waals surface area contributed by atoms with Gasteiger partial charge in [0.05, 0.1) is 35.1 Å². The Kier molecular flexibility index (Phi) is 38.6. The van der Waals surface area contributed by atoms with Crippen molar-refractivity contribution in [3.8, 4) is 11.1 Å². The zero-order valence-electron chi connectivity index (χ0n) is 85.1. The summed E-state index contributed by atoms with van der Waals surface area (Å²) < 4.78 is 137. The lowest BCUT2D eigenvalue weighted by atomic mass is 9.87. The van der Waals surface area contributed by atoms with E-state index in [9.17, 15) is 66.1 Å². The lowest BCUT2D eigenvalue weighted by Crippen LogP contribution is -2.49. The fourth-order valence-electron chi connectivity index (χ4n) is 21.0. The maximum absolute atomic E-state index is 12.8. The zero-order chi connectivity index (χ0) is 104. The molecule has 2 aliphatic heterocycles. The van der Waals surface area contributed by atoms with Crippen LogP contribution in [0.15, 0.2) is 97.6 Å². The number of urea groups is 4. The summed E-state index contributed by atoms with van der Waals surface area (Å²) in [5.41, 5.74) is 25.2. The number of anilines is 4. The highest BCUT2D eigenvalue weighted by atomic mass is 35.5. The van der Waals surface area contributed by atoms with Crippen LogP contribution in [0.3, 0.4) is 0 Å². The lowest BCUT2D eigenvalue weighted by molar-refractivity contribution is -0.118. The van der Waals surface area contributed by atoms with Gasteiger partial charge in [-0.25, -0.2) is 80.2 Å². The fourth-order valence-corrected chi connectivity index (χ4v) is 26.8. The highest BCUT2D eigenvalue weighted by Crippen LogP contribution is 2.44. The van der Waals surface area contributed by atoms with Gasteiger partial charge in [-0.15, -0.1) is 4.98 Å². The number of carbonyl (C=O) groups is 5. The van der Waals surface area contributed by atoms with Crippen LogP contribution in [0.25, 0.3) is 16.0 Å². The van der Waals surface area contributed by atoms with Crippen molar-refractivity contribution in [3.63, 3.8) is 0 Å². The van der Waals surface area contributed by atoms with E-state index in [1.807, 2.05) is 93.4 Å². The number of pyridine rings is 2. The Bertz CT molecular complexity index is 6480. The molecule has 5 aromatic carbocycles. The molecule has 0 radical (unpaired) electrons. The van der Waals surface area contributed by atoms with Crippen molar-refractivity contribution in [2.75, 3.05) is 78.8 Å². The molecule has 8 aromatic rings.